The van der Waals surface area contributed by atoms with Crippen LogP contribution in [0.1, 0.15) is 25.7 Å². The van der Waals surface area contributed by atoms with Gasteiger partial charge in [0.05, 0.1) is 28.4 Å². The smallest absolute Gasteiger partial charge is 0.166 e. The summed E-state index contributed by atoms with van der Waals surface area (Å²) in [4.78, 5) is 24.1. The fourth-order valence-electron chi connectivity index (χ4n) is 3.84. The molecule has 2 aliphatic rings. The maximum atomic E-state index is 11.4. The zero-order chi connectivity index (χ0) is 18.8. The molecular weight excluding hydrogens is 455 g/mol. The first kappa shape index (κ1) is 24.6. The van der Waals surface area contributed by atoms with E-state index in [1.807, 2.05) is 6.07 Å². The van der Waals surface area contributed by atoms with Crippen molar-refractivity contribution >= 4 is 70.7 Å². The topological polar surface area (TPSA) is 72.5 Å². The van der Waals surface area contributed by atoms with Crippen LogP contribution in [-0.2, 0) is 4.79 Å². The molecule has 0 unspecified atom stereocenters. The minimum absolute atomic E-state index is 0. The number of aliphatic hydroxyl groups excluding tert-OH is 1. The number of nitrogens with zero attached hydrogens (tertiary/aromatic N) is 3. The van der Waals surface area contributed by atoms with E-state index in [0.29, 0.717) is 23.9 Å². The number of aliphatic hydroxyl groups is 1. The molecule has 0 amide bonds. The molecule has 1 aromatic carbocycles. The Morgan fingerprint density at radius 3 is 2.52 bits per heavy atom. The Balaban J connectivity index is 0.00000150. The molecule has 4 rings (SSSR count). The molecule has 10 heteroatoms. The van der Waals surface area contributed by atoms with Gasteiger partial charge in [-0.15, -0.1) is 24.8 Å². The summed E-state index contributed by atoms with van der Waals surface area (Å²) in [5.41, 5.74) is 2.91. The minimum Gasteiger partial charge on any atom is -0.395 e. The van der Waals surface area contributed by atoms with Gasteiger partial charge < -0.3 is 15.0 Å². The Morgan fingerprint density at radius 2 is 1.86 bits per heavy atom. The van der Waals surface area contributed by atoms with E-state index in [0.717, 1.165) is 72.5 Å². The van der Waals surface area contributed by atoms with E-state index in [1.165, 1.54) is 0 Å². The van der Waals surface area contributed by atoms with Crippen molar-refractivity contribution in [2.45, 2.75) is 36.1 Å². The number of hydrogen-bond acceptors (Lipinski definition) is 6. The fraction of sp³-hybridized carbons (Fsp3) is 0.579. The van der Waals surface area contributed by atoms with Gasteiger partial charge >= 0.3 is 0 Å². The van der Waals surface area contributed by atoms with Gasteiger partial charge in [-0.3, -0.25) is 9.69 Å². The molecule has 0 radical (unpaired) electrons. The first-order valence-corrected chi connectivity index (χ1v) is 10.8. The van der Waals surface area contributed by atoms with Gasteiger partial charge in [-0.05, 0) is 25.0 Å². The Labute approximate surface area is 192 Å². The number of Topliss-reactive ketones (excluding diaryl/α,β-unsaturated/α-hetero) is 1. The first-order chi connectivity index (χ1) is 13.1. The standard InChI is InChI=1S/C19H25ClN4O2S.2ClH/c20-15-11-16-17(12-18(15)24-7-5-23(6-8-24)9-10-25)22-19(21-16)27-14-3-1-13(26)2-4-14;;/h11-12,14,25H,1-10H2,(H,21,22);2*1H. The number of carbonyl (C=O) groups excluding carboxylic acids is 1. The number of imidazole rings is 1. The summed E-state index contributed by atoms with van der Waals surface area (Å²) in [6, 6.07) is 4.04. The average Bonchev–Trinajstić information content (AvgIpc) is 3.05. The van der Waals surface area contributed by atoms with Crippen LogP contribution in [0.2, 0.25) is 5.02 Å². The van der Waals surface area contributed by atoms with Gasteiger partial charge in [-0.1, -0.05) is 23.4 Å². The van der Waals surface area contributed by atoms with Crippen molar-refractivity contribution in [2.75, 3.05) is 44.2 Å². The second-order valence-corrected chi connectivity index (χ2v) is 8.97. The summed E-state index contributed by atoms with van der Waals surface area (Å²) in [6.45, 7) is 4.58. The van der Waals surface area contributed by atoms with Crippen LogP contribution in [0.5, 0.6) is 0 Å². The van der Waals surface area contributed by atoms with Gasteiger partial charge in [0.25, 0.3) is 0 Å². The molecule has 1 saturated heterocycles. The molecule has 1 aromatic heterocycles. The van der Waals surface area contributed by atoms with Gasteiger partial charge in [0, 0.05) is 50.8 Å². The van der Waals surface area contributed by atoms with Crippen molar-refractivity contribution in [3.63, 3.8) is 0 Å². The van der Waals surface area contributed by atoms with Crippen molar-refractivity contribution in [1.82, 2.24) is 14.9 Å². The van der Waals surface area contributed by atoms with Crippen LogP contribution < -0.4 is 4.90 Å². The number of thioether (sulfide) groups is 1. The van der Waals surface area contributed by atoms with Crippen LogP contribution in [0, 0.1) is 0 Å². The molecule has 6 nitrogen and oxygen atoms in total. The summed E-state index contributed by atoms with van der Waals surface area (Å²) in [6.07, 6.45) is 3.25. The SMILES string of the molecule is Cl.Cl.O=C1CCC(Sc2nc3cc(N4CCN(CCO)CC4)c(Cl)cc3[nH]2)CC1. The minimum atomic E-state index is 0. The maximum absolute atomic E-state index is 11.4. The van der Waals surface area contributed by atoms with Gasteiger partial charge in [0.1, 0.15) is 5.78 Å². The highest BCUT2D eigenvalue weighted by molar-refractivity contribution is 7.99. The van der Waals surface area contributed by atoms with Crippen LogP contribution in [0.25, 0.3) is 11.0 Å². The van der Waals surface area contributed by atoms with E-state index in [4.69, 9.17) is 21.7 Å². The molecule has 162 valence electrons. The number of piperazine rings is 1. The second kappa shape index (κ2) is 11.1. The van der Waals surface area contributed by atoms with E-state index < -0.39 is 0 Å². The third kappa shape index (κ3) is 5.93. The van der Waals surface area contributed by atoms with Crippen molar-refractivity contribution < 1.29 is 9.90 Å². The van der Waals surface area contributed by atoms with Gasteiger partial charge in [-0.2, -0.15) is 0 Å². The Morgan fingerprint density at radius 1 is 1.17 bits per heavy atom. The van der Waals surface area contributed by atoms with Crippen LogP contribution in [0.15, 0.2) is 17.3 Å². The molecule has 29 heavy (non-hydrogen) atoms. The van der Waals surface area contributed by atoms with Crippen LogP contribution in [0.4, 0.5) is 5.69 Å². The predicted molar refractivity (Wildman–Crippen MR) is 124 cm³/mol. The lowest BCUT2D eigenvalue weighted by Crippen LogP contribution is -2.47. The van der Waals surface area contributed by atoms with Crippen molar-refractivity contribution in [3.05, 3.63) is 17.2 Å². The Bertz CT molecular complexity index is 817. The number of anilines is 1. The molecule has 1 aliphatic carbocycles. The van der Waals surface area contributed by atoms with E-state index >= 15 is 0 Å². The number of halogens is 3. The van der Waals surface area contributed by atoms with Crippen molar-refractivity contribution in [3.8, 4) is 0 Å². The molecule has 2 aromatic rings. The van der Waals surface area contributed by atoms with Crippen molar-refractivity contribution in [1.29, 1.82) is 0 Å². The van der Waals surface area contributed by atoms with Gasteiger partial charge in [-0.25, -0.2) is 4.98 Å². The fourth-order valence-corrected chi connectivity index (χ4v) is 5.23. The highest BCUT2D eigenvalue weighted by atomic mass is 35.5. The molecule has 0 atom stereocenters. The van der Waals surface area contributed by atoms with E-state index in [9.17, 15) is 4.79 Å². The molecular formula is C19H27Cl3N4O2S. The lowest BCUT2D eigenvalue weighted by Gasteiger charge is -2.36. The summed E-state index contributed by atoms with van der Waals surface area (Å²) in [5.74, 6) is 0.381. The third-order valence-electron chi connectivity index (χ3n) is 5.43. The molecule has 2 heterocycles. The zero-order valence-electron chi connectivity index (χ0n) is 16.1. The Kier molecular flexibility index (Phi) is 9.38. The first-order valence-electron chi connectivity index (χ1n) is 9.58. The highest BCUT2D eigenvalue weighted by Gasteiger charge is 2.22. The monoisotopic (exact) mass is 480 g/mol. The summed E-state index contributed by atoms with van der Waals surface area (Å²) < 4.78 is 0. The van der Waals surface area contributed by atoms with Crippen LogP contribution in [-0.4, -0.2) is 70.3 Å². The molecule has 0 bridgehead atoms. The third-order valence-corrected chi connectivity index (χ3v) is 6.95. The summed E-state index contributed by atoms with van der Waals surface area (Å²) in [5, 5.41) is 11.2. The van der Waals surface area contributed by atoms with E-state index in [2.05, 4.69) is 20.9 Å². The molecule has 0 spiro atoms. The molecule has 2 fully saturated rings. The maximum Gasteiger partial charge on any atom is 0.166 e. The van der Waals surface area contributed by atoms with E-state index in [1.54, 1.807) is 11.8 Å². The number of β-amino-alcohol motifs (C(OH)–C–C–N with tert-alkyl or cyclic N) is 1. The lowest BCUT2D eigenvalue weighted by atomic mass is 9.99. The number of benzene rings is 1. The molecule has 1 saturated carbocycles. The normalized spacial score (nSPS) is 18.6. The number of fused-ring (bicyclic) bond motifs is 1. The molecule has 1 aliphatic heterocycles. The average molecular weight is 482 g/mol. The molecule has 2 N–H and O–H groups in total. The predicted octanol–water partition coefficient (Wildman–Crippen LogP) is 3.78. The number of aromatic nitrogens is 2. The van der Waals surface area contributed by atoms with Crippen LogP contribution >= 0.6 is 48.2 Å². The Hall–Kier alpha value is -0.700. The number of hydrogen-bond donors (Lipinski definition) is 2. The highest BCUT2D eigenvalue weighted by Crippen LogP contribution is 2.35. The number of nitrogens with one attached hydrogen (secondary N) is 1. The number of ketones is 1. The summed E-state index contributed by atoms with van der Waals surface area (Å²) in [7, 11) is 0. The van der Waals surface area contributed by atoms with Crippen molar-refractivity contribution in [2.24, 2.45) is 0 Å². The van der Waals surface area contributed by atoms with Gasteiger partial charge in [0.15, 0.2) is 5.16 Å². The largest absolute Gasteiger partial charge is 0.395 e. The van der Waals surface area contributed by atoms with E-state index in [-0.39, 0.29) is 31.4 Å². The number of carbonyl (C=O) groups is 1. The summed E-state index contributed by atoms with van der Waals surface area (Å²) >= 11 is 8.30. The quantitative estimate of drug-likeness (QED) is 0.677. The van der Waals surface area contributed by atoms with Gasteiger partial charge in [0.2, 0.25) is 0 Å². The number of rotatable bonds is 5. The number of aromatic amines is 1. The zero-order valence-corrected chi connectivity index (χ0v) is 19.3. The second-order valence-electron chi connectivity index (χ2n) is 7.27. The van der Waals surface area contributed by atoms with Crippen LogP contribution in [0.3, 0.4) is 0 Å². The number of H-pyrrole nitrogens is 1. The lowest BCUT2D eigenvalue weighted by molar-refractivity contribution is -0.120.